The van der Waals surface area contributed by atoms with E-state index in [-0.39, 0.29) is 37.4 Å². The van der Waals surface area contributed by atoms with Gasteiger partial charge in [-0.15, -0.1) is 0 Å². The molecule has 3 aliphatic heterocycles. The fraction of sp³-hybridized carbons (Fsp3) is 0.782. The smallest absolute Gasteiger partial charge is 0.310 e. The Morgan fingerprint density at radius 1 is 0.961 bits per heavy atom. The largest absolute Gasteiger partial charge is 0.481 e. The number of amides is 1. The van der Waals surface area contributed by atoms with Gasteiger partial charge in [-0.3, -0.25) is 9.59 Å². The lowest BCUT2D eigenvalue weighted by molar-refractivity contribution is -0.344. The van der Waals surface area contributed by atoms with E-state index in [1.165, 1.54) is 12.5 Å². The topological polar surface area (TPSA) is 362 Å². The van der Waals surface area contributed by atoms with Crippen LogP contribution in [-0.4, -0.2) is 171 Å². The third-order valence-corrected chi connectivity index (χ3v) is 23.3. The summed E-state index contributed by atoms with van der Waals surface area (Å²) in [6.45, 7) is 9.56. The number of H-pyrrole nitrogens is 2. The summed E-state index contributed by atoms with van der Waals surface area (Å²) in [5, 5.41) is 122. The van der Waals surface area contributed by atoms with Crippen LogP contribution in [0.2, 0.25) is 0 Å². The van der Waals surface area contributed by atoms with Crippen molar-refractivity contribution in [2.45, 2.75) is 147 Å². The molecule has 11 rings (SSSR count). The SMILES string of the molecule is C[C@]1(CO)CC[C@@]2(C(=O)O)[C@@H](C1)C1=CC[C@@H]3[C@@]4(C)[C@H]([C@H]5C=C[C@](c6cnc[nH]6)([C@H](O)C[C@@H](N)O)[C@@H]6NC(=O)[C@H](CO)[C@H]56)[C@@H](O)[C@@H](O[C@@H]5OC[C@@H](O)[C@H](O)[C@H]5O)[C@@](C)(CO)[C@H]4CC[C@@]3(C)[C@]1(C)[C@@H]1Cc3[nH]cnc3NC[C@@H]12. The lowest BCUT2D eigenvalue weighted by Gasteiger charge is -2.76. The molecule has 5 heterocycles. The fourth-order valence-corrected chi connectivity index (χ4v) is 19.5. The number of aliphatic hydroxyl groups excluding tert-OH is 9. The van der Waals surface area contributed by atoms with Gasteiger partial charge in [0.15, 0.2) is 6.29 Å². The predicted octanol–water partition coefficient (Wildman–Crippen LogP) is 0.280. The molecule has 0 spiro atoms. The number of nitrogens with zero attached hydrogens (tertiary/aromatic N) is 2. The number of carbonyl (C=O) groups is 2. The number of rotatable bonds is 11. The highest BCUT2D eigenvalue weighted by Crippen LogP contribution is 2.80. The molecule has 0 unspecified atom stereocenters. The zero-order valence-corrected chi connectivity index (χ0v) is 44.1. The summed E-state index contributed by atoms with van der Waals surface area (Å²) < 4.78 is 12.6. The molecule has 16 N–H and O–H groups in total. The van der Waals surface area contributed by atoms with E-state index >= 15 is 0 Å². The van der Waals surface area contributed by atoms with Gasteiger partial charge in [0.25, 0.3) is 0 Å². The summed E-state index contributed by atoms with van der Waals surface area (Å²) in [7, 11) is 0. The molecule has 0 aromatic carbocycles. The number of carboxylic acid groups (broad SMARTS) is 1. The summed E-state index contributed by atoms with van der Waals surface area (Å²) in [5.74, 6) is -6.09. The van der Waals surface area contributed by atoms with E-state index in [9.17, 15) is 60.7 Å². The Morgan fingerprint density at radius 2 is 1.72 bits per heavy atom. The van der Waals surface area contributed by atoms with E-state index in [0.717, 1.165) is 11.3 Å². The van der Waals surface area contributed by atoms with Crippen LogP contribution in [0.15, 0.2) is 42.7 Å². The summed E-state index contributed by atoms with van der Waals surface area (Å²) in [6.07, 6.45) is 1.77. The average Bonchev–Trinajstić information content (AvgIpc) is 4.22. The van der Waals surface area contributed by atoms with Gasteiger partial charge >= 0.3 is 5.97 Å². The van der Waals surface area contributed by atoms with Gasteiger partial charge in [-0.1, -0.05) is 58.4 Å². The van der Waals surface area contributed by atoms with Gasteiger partial charge in [0, 0.05) is 42.8 Å². The number of anilines is 1. The van der Waals surface area contributed by atoms with Crippen molar-refractivity contribution in [3.63, 3.8) is 0 Å². The van der Waals surface area contributed by atoms with Crippen LogP contribution in [0.5, 0.6) is 0 Å². The lowest BCUT2D eigenvalue weighted by atomic mass is 9.28. The molecule has 0 radical (unpaired) electrons. The van der Waals surface area contributed by atoms with Crippen LogP contribution in [0.3, 0.4) is 0 Å². The Balaban J connectivity index is 1.13. The molecule has 2 saturated heterocycles. The summed E-state index contributed by atoms with van der Waals surface area (Å²) in [6, 6.07) is -0.968. The zero-order chi connectivity index (χ0) is 54.4. The molecule has 25 atom stereocenters. The van der Waals surface area contributed by atoms with Crippen LogP contribution in [0.4, 0.5) is 5.82 Å². The number of aromatic amines is 2. The maximum atomic E-state index is 14.5. The van der Waals surface area contributed by atoms with Gasteiger partial charge in [-0.25, -0.2) is 9.97 Å². The van der Waals surface area contributed by atoms with Gasteiger partial charge in [0.1, 0.15) is 30.4 Å². The maximum absolute atomic E-state index is 14.5. The van der Waals surface area contributed by atoms with Crippen LogP contribution >= 0.6 is 0 Å². The molecular formula is C55H81N7O14. The van der Waals surface area contributed by atoms with E-state index in [0.29, 0.717) is 63.0 Å². The number of aliphatic carboxylic acids is 1. The zero-order valence-electron chi connectivity index (χ0n) is 44.1. The first kappa shape index (κ1) is 54.1. The summed E-state index contributed by atoms with van der Waals surface area (Å²) >= 11 is 0. The molecule has 76 heavy (non-hydrogen) atoms. The predicted molar refractivity (Wildman–Crippen MR) is 271 cm³/mol. The van der Waals surface area contributed by atoms with Gasteiger partial charge in [-0.05, 0) is 108 Å². The minimum Gasteiger partial charge on any atom is -0.481 e. The lowest BCUT2D eigenvalue weighted by Crippen LogP contribution is -2.75. The molecule has 1 amide bonds. The molecule has 2 aromatic heterocycles. The second kappa shape index (κ2) is 18.6. The first-order chi connectivity index (χ1) is 36.0. The highest BCUT2D eigenvalue weighted by molar-refractivity contribution is 5.83. The van der Waals surface area contributed by atoms with E-state index in [1.807, 2.05) is 13.0 Å². The van der Waals surface area contributed by atoms with E-state index in [2.05, 4.69) is 64.3 Å². The number of hydrogen-bond acceptors (Lipinski definition) is 17. The molecule has 6 fully saturated rings. The number of carboxylic acids is 1. The normalized spacial score (nSPS) is 50.1. The molecule has 420 valence electrons. The number of allylic oxidation sites excluding steroid dienone is 3. The summed E-state index contributed by atoms with van der Waals surface area (Å²) in [4.78, 5) is 44.4. The Hall–Kier alpha value is -3.84. The number of fused-ring (bicyclic) bond motifs is 12. The van der Waals surface area contributed by atoms with Crippen LogP contribution in [0.25, 0.3) is 0 Å². The minimum atomic E-state index is -1.74. The van der Waals surface area contributed by atoms with Crippen molar-refractivity contribution in [2.75, 3.05) is 38.3 Å². The molecule has 2 aromatic rings. The van der Waals surface area contributed by atoms with E-state index in [4.69, 9.17) is 15.2 Å². The molecule has 9 aliphatic rings. The van der Waals surface area contributed by atoms with Crippen molar-refractivity contribution in [3.05, 3.63) is 54.0 Å². The third-order valence-electron chi connectivity index (χ3n) is 23.3. The number of aliphatic hydroxyl groups is 9. The summed E-state index contributed by atoms with van der Waals surface area (Å²) in [5.41, 5.74) is 1.49. The molecular weight excluding hydrogens is 983 g/mol. The first-order valence-corrected chi connectivity index (χ1v) is 27.6. The highest BCUT2D eigenvalue weighted by atomic mass is 16.7. The molecule has 0 bridgehead atoms. The van der Waals surface area contributed by atoms with Crippen molar-refractivity contribution in [3.8, 4) is 0 Å². The number of nitrogens with one attached hydrogen (secondary N) is 4. The second-order valence-electron chi connectivity index (χ2n) is 26.1. The van der Waals surface area contributed by atoms with E-state index < -0.39 is 154 Å². The van der Waals surface area contributed by atoms with Crippen LogP contribution in [0, 0.1) is 85.8 Å². The van der Waals surface area contributed by atoms with Gasteiger partial charge in [0.2, 0.25) is 5.91 Å². The van der Waals surface area contributed by atoms with Crippen molar-refractivity contribution < 1.29 is 70.1 Å². The first-order valence-electron chi connectivity index (χ1n) is 27.6. The monoisotopic (exact) mass is 1060 g/mol. The molecule has 21 nitrogen and oxygen atoms in total. The van der Waals surface area contributed by atoms with Gasteiger partial charge in [-0.2, -0.15) is 0 Å². The number of aromatic nitrogens is 4. The number of imidazole rings is 2. The second-order valence-corrected chi connectivity index (χ2v) is 26.1. The number of nitrogens with two attached hydrogens (primary N) is 1. The number of carbonyl (C=O) groups excluding carboxylic acids is 1. The highest BCUT2D eigenvalue weighted by Gasteiger charge is 2.78. The van der Waals surface area contributed by atoms with Crippen LogP contribution in [0.1, 0.15) is 91.0 Å². The van der Waals surface area contributed by atoms with Gasteiger partial charge < -0.3 is 86.9 Å². The van der Waals surface area contributed by atoms with E-state index in [1.54, 1.807) is 12.4 Å². The molecule has 4 saturated carbocycles. The molecule has 6 aliphatic carbocycles. The van der Waals surface area contributed by atoms with Crippen LogP contribution < -0.4 is 16.4 Å². The fourth-order valence-electron chi connectivity index (χ4n) is 19.5. The van der Waals surface area contributed by atoms with Crippen molar-refractivity contribution in [1.82, 2.24) is 25.3 Å². The maximum Gasteiger partial charge on any atom is 0.310 e. The Morgan fingerprint density at radius 3 is 2.39 bits per heavy atom. The van der Waals surface area contributed by atoms with Crippen LogP contribution in [-0.2, 0) is 30.9 Å². The van der Waals surface area contributed by atoms with Crippen molar-refractivity contribution >= 4 is 17.7 Å². The number of hydrogen-bond donors (Lipinski definition) is 15. The van der Waals surface area contributed by atoms with Gasteiger partial charge in [0.05, 0.1) is 79.3 Å². The van der Waals surface area contributed by atoms with Crippen molar-refractivity contribution in [1.29, 1.82) is 0 Å². The third kappa shape index (κ3) is 7.12. The molecule has 21 heteroatoms. The average molecular weight is 1060 g/mol. The standard InChI is InChI=1S/C55H81N7O14/c1-49(21-64)12-13-54(48(73)74)29(16-49)27-6-7-34-51(3,53(27,5)28-14-31-45(61-24-59-31)58-17-30(28)54)10-9-33-50(2,22-65)44(76-47-42(71)40(69)32(66)20-75-47)41(70)39(52(33,34)4)25-8-11-55(35-18-57-23-60-35,36(67)15-37(56)68)43-38(25)26(19-63)46(72)62-43/h6,8,11,18,23-26,28-30,32-34,36-44,47,58,63-71H,7,9-10,12-17,19-22,56H2,1-5H3,(H,57,60)(H,59,61)(H,62,72)(H,73,74)/t25-,26+,28+,29-,30-,32+,33+,34-,36+,37-,38-,39+,40-,41+,42+,43+,44+,47-,49-,50-,51+,52-,53-,54+,55-/m0/s1. The van der Waals surface area contributed by atoms with Crippen molar-refractivity contribution in [2.24, 2.45) is 91.5 Å². The quantitative estimate of drug-likeness (QED) is 0.0816. The number of ether oxygens (including phenoxy) is 2. The Kier molecular flexibility index (Phi) is 13.3. The Labute approximate surface area is 442 Å². The minimum absolute atomic E-state index is 0.0938. The Bertz CT molecular complexity index is 2600.